The van der Waals surface area contributed by atoms with E-state index in [2.05, 4.69) is 49.2 Å². The van der Waals surface area contributed by atoms with Crippen molar-refractivity contribution in [3.05, 3.63) is 28.1 Å². The quantitative estimate of drug-likeness (QED) is 0.652. The molecular formula is C14H18N6S. The average molecular weight is 302 g/mol. The van der Waals surface area contributed by atoms with Crippen molar-refractivity contribution in [1.82, 2.24) is 20.2 Å². The highest BCUT2D eigenvalue weighted by Crippen LogP contribution is 2.23. The summed E-state index contributed by atoms with van der Waals surface area (Å²) in [6.45, 7) is 5.74. The van der Waals surface area contributed by atoms with E-state index in [1.165, 1.54) is 10.4 Å². The van der Waals surface area contributed by atoms with Crippen molar-refractivity contribution < 1.29 is 0 Å². The van der Waals surface area contributed by atoms with Gasteiger partial charge in [-0.2, -0.15) is 15.1 Å². The van der Waals surface area contributed by atoms with Crippen LogP contribution in [0.15, 0.2) is 17.6 Å². The van der Waals surface area contributed by atoms with Gasteiger partial charge in [-0.15, -0.1) is 11.3 Å². The minimum Gasteiger partial charge on any atom is -0.364 e. The highest BCUT2D eigenvalue weighted by molar-refractivity contribution is 7.10. The van der Waals surface area contributed by atoms with E-state index in [-0.39, 0.29) is 0 Å². The predicted octanol–water partition coefficient (Wildman–Crippen LogP) is 3.02. The summed E-state index contributed by atoms with van der Waals surface area (Å²) < 4.78 is 0. The molecule has 0 unspecified atom stereocenters. The molecule has 110 valence electrons. The number of nitrogens with zero attached hydrogens (tertiary/aromatic N) is 3. The summed E-state index contributed by atoms with van der Waals surface area (Å²) in [5.41, 5.74) is 2.13. The van der Waals surface area contributed by atoms with E-state index in [0.29, 0.717) is 5.95 Å². The Kier molecular flexibility index (Phi) is 4.01. The number of nitrogens with one attached hydrogen (secondary N) is 3. The normalized spacial score (nSPS) is 11.0. The van der Waals surface area contributed by atoms with E-state index in [4.69, 9.17) is 0 Å². The summed E-state index contributed by atoms with van der Waals surface area (Å²) in [6.07, 6.45) is 2.80. The van der Waals surface area contributed by atoms with Gasteiger partial charge in [0.15, 0.2) is 5.65 Å². The Balaban J connectivity index is 1.87. The Bertz CT molecular complexity index is 732. The van der Waals surface area contributed by atoms with Crippen LogP contribution in [0.2, 0.25) is 0 Å². The lowest BCUT2D eigenvalue weighted by atomic mass is 10.2. The molecule has 21 heavy (non-hydrogen) atoms. The molecule has 3 aromatic rings. The van der Waals surface area contributed by atoms with Crippen molar-refractivity contribution in [1.29, 1.82) is 0 Å². The van der Waals surface area contributed by atoms with Crippen LogP contribution in [0.25, 0.3) is 11.0 Å². The predicted molar refractivity (Wildman–Crippen MR) is 86.9 cm³/mol. The minimum absolute atomic E-state index is 0.610. The van der Waals surface area contributed by atoms with Gasteiger partial charge in [0.05, 0.1) is 18.1 Å². The van der Waals surface area contributed by atoms with Gasteiger partial charge in [0, 0.05) is 11.4 Å². The molecule has 0 spiro atoms. The van der Waals surface area contributed by atoms with Crippen LogP contribution in [0.3, 0.4) is 0 Å². The Morgan fingerprint density at radius 3 is 2.95 bits per heavy atom. The molecule has 3 aromatic heterocycles. The maximum atomic E-state index is 4.53. The lowest BCUT2D eigenvalue weighted by Crippen LogP contribution is -2.07. The van der Waals surface area contributed by atoms with Crippen molar-refractivity contribution in [2.75, 3.05) is 17.2 Å². The first-order chi connectivity index (χ1) is 10.3. The monoisotopic (exact) mass is 302 g/mol. The molecule has 0 aliphatic carbocycles. The van der Waals surface area contributed by atoms with Crippen molar-refractivity contribution in [2.24, 2.45) is 0 Å². The maximum absolute atomic E-state index is 4.53. The van der Waals surface area contributed by atoms with Gasteiger partial charge in [0.2, 0.25) is 5.95 Å². The number of hydrogen-bond acceptors (Lipinski definition) is 6. The highest BCUT2D eigenvalue weighted by Gasteiger charge is 2.10. The fraction of sp³-hybridized carbons (Fsp3) is 0.357. The first kappa shape index (κ1) is 13.8. The number of aromatic amines is 1. The number of aromatic nitrogens is 4. The fourth-order valence-electron chi connectivity index (χ4n) is 2.21. The molecule has 0 aliphatic rings. The number of H-pyrrole nitrogens is 1. The molecular weight excluding hydrogens is 284 g/mol. The Morgan fingerprint density at radius 1 is 1.24 bits per heavy atom. The molecule has 0 aliphatic heterocycles. The number of thiophene rings is 1. The lowest BCUT2D eigenvalue weighted by molar-refractivity contribution is 1.05. The minimum atomic E-state index is 0.610. The average Bonchev–Trinajstić information content (AvgIpc) is 3.13. The van der Waals surface area contributed by atoms with Crippen molar-refractivity contribution in [2.45, 2.75) is 26.8 Å². The molecule has 0 saturated heterocycles. The Morgan fingerprint density at radius 2 is 2.14 bits per heavy atom. The van der Waals surface area contributed by atoms with Gasteiger partial charge in [-0.05, 0) is 30.4 Å². The number of aryl methyl sites for hydroxylation is 1. The van der Waals surface area contributed by atoms with Gasteiger partial charge >= 0.3 is 0 Å². The molecule has 3 heterocycles. The first-order valence-corrected chi connectivity index (χ1v) is 7.93. The van der Waals surface area contributed by atoms with Gasteiger partial charge < -0.3 is 10.6 Å². The molecule has 7 heteroatoms. The van der Waals surface area contributed by atoms with Gasteiger partial charge in [-0.25, -0.2) is 0 Å². The van der Waals surface area contributed by atoms with E-state index < -0.39 is 0 Å². The molecule has 6 nitrogen and oxygen atoms in total. The Labute approximate surface area is 127 Å². The van der Waals surface area contributed by atoms with Crippen LogP contribution in [0.1, 0.15) is 24.3 Å². The number of anilines is 2. The largest absolute Gasteiger partial charge is 0.364 e. The molecule has 3 N–H and O–H groups in total. The number of rotatable bonds is 6. The van der Waals surface area contributed by atoms with Gasteiger partial charge in [-0.3, -0.25) is 5.10 Å². The Hall–Kier alpha value is -2.15. The SMILES string of the molecule is CCNc1nc(NCc2sccc2CC)c2cn[nH]c2n1. The first-order valence-electron chi connectivity index (χ1n) is 7.06. The summed E-state index contributed by atoms with van der Waals surface area (Å²) in [7, 11) is 0. The molecule has 0 bridgehead atoms. The van der Waals surface area contributed by atoms with Gasteiger partial charge in [0.25, 0.3) is 0 Å². The zero-order chi connectivity index (χ0) is 14.7. The third kappa shape index (κ3) is 2.82. The molecule has 0 fully saturated rings. The standard InChI is InChI=1S/C14H18N6S/c1-3-9-5-6-21-11(9)8-16-12-10-7-17-20-13(10)19-14(18-12)15-4-2/h5-7H,3-4,8H2,1-2H3,(H3,15,16,17,18,19,20). The summed E-state index contributed by atoms with van der Waals surface area (Å²) >= 11 is 1.77. The van der Waals surface area contributed by atoms with Crippen molar-refractivity contribution >= 4 is 34.1 Å². The molecule has 0 amide bonds. The van der Waals surface area contributed by atoms with Crippen molar-refractivity contribution in [3.63, 3.8) is 0 Å². The topological polar surface area (TPSA) is 78.5 Å². The molecule has 0 radical (unpaired) electrons. The van der Waals surface area contributed by atoms with Crippen molar-refractivity contribution in [3.8, 4) is 0 Å². The summed E-state index contributed by atoms with van der Waals surface area (Å²) in [5, 5.41) is 16.5. The van der Waals surface area contributed by atoms with Crippen LogP contribution < -0.4 is 10.6 Å². The van der Waals surface area contributed by atoms with E-state index in [0.717, 1.165) is 36.4 Å². The van der Waals surface area contributed by atoms with E-state index in [1.807, 2.05) is 6.92 Å². The third-order valence-electron chi connectivity index (χ3n) is 3.28. The zero-order valence-electron chi connectivity index (χ0n) is 12.1. The van der Waals surface area contributed by atoms with Crippen LogP contribution >= 0.6 is 11.3 Å². The lowest BCUT2D eigenvalue weighted by Gasteiger charge is -2.09. The smallest absolute Gasteiger partial charge is 0.226 e. The van der Waals surface area contributed by atoms with Crippen LogP contribution in [0, 0.1) is 0 Å². The number of fused-ring (bicyclic) bond motifs is 1. The van der Waals surface area contributed by atoms with E-state index >= 15 is 0 Å². The summed E-state index contributed by atoms with van der Waals surface area (Å²) in [5.74, 6) is 1.42. The van der Waals surface area contributed by atoms with Crippen LogP contribution in [0.4, 0.5) is 11.8 Å². The molecule has 0 aromatic carbocycles. The maximum Gasteiger partial charge on any atom is 0.226 e. The third-order valence-corrected chi connectivity index (χ3v) is 4.24. The number of hydrogen-bond donors (Lipinski definition) is 3. The molecule has 3 rings (SSSR count). The van der Waals surface area contributed by atoms with Crippen LogP contribution in [-0.4, -0.2) is 26.7 Å². The van der Waals surface area contributed by atoms with Crippen LogP contribution in [-0.2, 0) is 13.0 Å². The molecule has 0 atom stereocenters. The fourth-order valence-corrected chi connectivity index (χ4v) is 3.12. The van der Waals surface area contributed by atoms with Gasteiger partial charge in [0.1, 0.15) is 5.82 Å². The van der Waals surface area contributed by atoms with Crippen LogP contribution in [0.5, 0.6) is 0 Å². The highest BCUT2D eigenvalue weighted by atomic mass is 32.1. The summed E-state index contributed by atoms with van der Waals surface area (Å²) in [6, 6.07) is 2.18. The zero-order valence-corrected chi connectivity index (χ0v) is 12.9. The van der Waals surface area contributed by atoms with E-state index in [1.54, 1.807) is 17.5 Å². The van der Waals surface area contributed by atoms with E-state index in [9.17, 15) is 0 Å². The molecule has 0 saturated carbocycles. The second-order valence-corrected chi connectivity index (χ2v) is 5.64. The summed E-state index contributed by atoms with van der Waals surface area (Å²) in [4.78, 5) is 10.3. The van der Waals surface area contributed by atoms with Gasteiger partial charge in [-0.1, -0.05) is 6.92 Å². The second kappa shape index (κ2) is 6.09. The second-order valence-electron chi connectivity index (χ2n) is 4.63.